The number of rotatable bonds is 7. The molecule has 2 saturated heterocycles. The molecule has 3 aliphatic rings. The Hall–Kier alpha value is -2.94. The fourth-order valence-corrected chi connectivity index (χ4v) is 6.76. The van der Waals surface area contributed by atoms with Crippen molar-refractivity contribution in [3.63, 3.8) is 0 Å². The first-order valence-electron chi connectivity index (χ1n) is 13.5. The molecule has 9 nitrogen and oxygen atoms in total. The SMILES string of the molecule is O=C(O)CNC(=O)CNc1nc2ccccc2n(C2C[C@H]3CC[C@@H](C2)N3C2CCCCCCC2)c1=O. The van der Waals surface area contributed by atoms with E-state index in [0.717, 1.165) is 18.4 Å². The van der Waals surface area contributed by atoms with Gasteiger partial charge in [0.1, 0.15) is 6.54 Å². The van der Waals surface area contributed by atoms with Crippen molar-refractivity contribution in [2.75, 3.05) is 18.4 Å². The molecule has 0 spiro atoms. The number of aromatic nitrogens is 2. The number of benzene rings is 1. The highest BCUT2D eigenvalue weighted by Gasteiger charge is 2.44. The van der Waals surface area contributed by atoms with Gasteiger partial charge < -0.3 is 20.3 Å². The Bertz CT molecular complexity index is 1140. The summed E-state index contributed by atoms with van der Waals surface area (Å²) in [4.78, 5) is 43.7. The molecule has 5 rings (SSSR count). The van der Waals surface area contributed by atoms with Crippen LogP contribution in [0.25, 0.3) is 11.0 Å². The summed E-state index contributed by atoms with van der Waals surface area (Å²) in [7, 11) is 0. The summed E-state index contributed by atoms with van der Waals surface area (Å²) in [6.07, 6.45) is 13.6. The average Bonchev–Trinajstić information content (AvgIpc) is 3.10. The second-order valence-corrected chi connectivity index (χ2v) is 10.6. The molecule has 194 valence electrons. The predicted molar refractivity (Wildman–Crippen MR) is 138 cm³/mol. The third-order valence-corrected chi connectivity index (χ3v) is 8.27. The molecule has 1 aromatic carbocycles. The van der Waals surface area contributed by atoms with Gasteiger partial charge in [-0.2, -0.15) is 0 Å². The largest absolute Gasteiger partial charge is 0.480 e. The molecule has 2 bridgehead atoms. The Kier molecular flexibility index (Phi) is 7.55. The molecule has 0 radical (unpaired) electrons. The predicted octanol–water partition coefficient (Wildman–Crippen LogP) is 3.29. The summed E-state index contributed by atoms with van der Waals surface area (Å²) < 4.78 is 1.90. The van der Waals surface area contributed by atoms with E-state index in [1.165, 1.54) is 57.8 Å². The lowest BCUT2D eigenvalue weighted by atomic mass is 9.89. The number of piperidine rings is 1. The van der Waals surface area contributed by atoms with Crippen LogP contribution in [0.15, 0.2) is 29.1 Å². The van der Waals surface area contributed by atoms with Crippen LogP contribution in [0.2, 0.25) is 0 Å². The fraction of sp³-hybridized carbons (Fsp3) is 0.630. The zero-order valence-electron chi connectivity index (χ0n) is 20.8. The topological polar surface area (TPSA) is 117 Å². The van der Waals surface area contributed by atoms with E-state index in [4.69, 9.17) is 5.11 Å². The maximum Gasteiger partial charge on any atom is 0.322 e. The minimum atomic E-state index is -1.12. The van der Waals surface area contributed by atoms with Crippen LogP contribution in [-0.4, -0.2) is 62.6 Å². The fourth-order valence-electron chi connectivity index (χ4n) is 6.76. The normalized spacial score (nSPS) is 25.3. The lowest BCUT2D eigenvalue weighted by molar-refractivity contribution is -0.137. The maximum atomic E-state index is 13.7. The molecule has 1 amide bonds. The molecule has 3 atom stereocenters. The van der Waals surface area contributed by atoms with Crippen LogP contribution in [0.4, 0.5) is 5.82 Å². The van der Waals surface area contributed by atoms with Gasteiger partial charge in [-0.05, 0) is 50.7 Å². The summed E-state index contributed by atoms with van der Waals surface area (Å²) >= 11 is 0. The van der Waals surface area contributed by atoms with Crippen molar-refractivity contribution in [3.8, 4) is 0 Å². The van der Waals surface area contributed by atoms with Crippen molar-refractivity contribution in [2.45, 2.75) is 94.8 Å². The van der Waals surface area contributed by atoms with Crippen molar-refractivity contribution < 1.29 is 14.7 Å². The van der Waals surface area contributed by atoms with E-state index in [-0.39, 0.29) is 24.0 Å². The van der Waals surface area contributed by atoms with Crippen LogP contribution >= 0.6 is 0 Å². The third-order valence-electron chi connectivity index (χ3n) is 8.27. The van der Waals surface area contributed by atoms with Gasteiger partial charge in [0.2, 0.25) is 5.91 Å². The number of carboxylic acid groups (broad SMARTS) is 1. The monoisotopic (exact) mass is 495 g/mol. The Morgan fingerprint density at radius 2 is 1.56 bits per heavy atom. The minimum Gasteiger partial charge on any atom is -0.480 e. The van der Waals surface area contributed by atoms with Crippen molar-refractivity contribution in [3.05, 3.63) is 34.6 Å². The van der Waals surface area contributed by atoms with Crippen LogP contribution < -0.4 is 16.2 Å². The number of anilines is 1. The summed E-state index contributed by atoms with van der Waals surface area (Å²) in [6.45, 7) is -0.669. The van der Waals surface area contributed by atoms with Gasteiger partial charge in [-0.25, -0.2) is 4.98 Å². The number of nitrogens with zero attached hydrogens (tertiary/aromatic N) is 3. The second kappa shape index (κ2) is 11.0. The first kappa shape index (κ1) is 24.7. The first-order valence-corrected chi connectivity index (χ1v) is 13.5. The number of fused-ring (bicyclic) bond motifs is 3. The number of nitrogens with one attached hydrogen (secondary N) is 2. The highest BCUT2D eigenvalue weighted by Crippen LogP contribution is 2.44. The number of para-hydroxylation sites is 2. The number of carboxylic acids is 1. The molecule has 1 unspecified atom stereocenters. The molecule has 2 aromatic rings. The molecule has 1 aromatic heterocycles. The zero-order chi connectivity index (χ0) is 25.1. The smallest absolute Gasteiger partial charge is 0.322 e. The van der Waals surface area contributed by atoms with Crippen molar-refractivity contribution >= 4 is 28.7 Å². The number of hydrogen-bond donors (Lipinski definition) is 3. The molecular formula is C27H37N5O4. The number of hydrogen-bond acceptors (Lipinski definition) is 6. The zero-order valence-corrected chi connectivity index (χ0v) is 20.8. The Morgan fingerprint density at radius 3 is 2.25 bits per heavy atom. The Morgan fingerprint density at radius 1 is 0.889 bits per heavy atom. The number of carbonyl (C=O) groups is 2. The molecule has 2 aliphatic heterocycles. The van der Waals surface area contributed by atoms with E-state index in [2.05, 4.69) is 20.5 Å². The molecule has 3 heterocycles. The van der Waals surface area contributed by atoms with E-state index >= 15 is 0 Å². The molecule has 1 saturated carbocycles. The van der Waals surface area contributed by atoms with E-state index in [1.807, 2.05) is 28.8 Å². The van der Waals surface area contributed by atoms with Crippen molar-refractivity contribution in [1.29, 1.82) is 0 Å². The lowest BCUT2D eigenvalue weighted by Crippen LogP contribution is -2.50. The average molecular weight is 496 g/mol. The standard InChI is InChI=1S/C27H37N5O4/c33-24(28-17-25(34)35)16-29-26-27(36)32(23-11-7-6-10-22(23)30-26)21-14-19-12-13-20(15-21)31(19)18-8-4-2-1-3-5-9-18/h6-7,10-11,18-21H,1-5,8-9,12-17H2,(H,28,33)(H,29,30)(H,34,35)/t19-,20+,21?. The molecular weight excluding hydrogens is 458 g/mol. The molecule has 3 N–H and O–H groups in total. The van der Waals surface area contributed by atoms with Gasteiger partial charge in [0.05, 0.1) is 17.6 Å². The Labute approximate surface area is 211 Å². The molecule has 3 fully saturated rings. The lowest BCUT2D eigenvalue weighted by Gasteiger charge is -2.45. The summed E-state index contributed by atoms with van der Waals surface area (Å²) in [5, 5.41) is 13.9. The Balaban J connectivity index is 1.38. The summed E-state index contributed by atoms with van der Waals surface area (Å²) in [6, 6.07) is 9.46. The summed E-state index contributed by atoms with van der Waals surface area (Å²) in [5.41, 5.74) is 1.32. The van der Waals surface area contributed by atoms with Gasteiger partial charge in [-0.15, -0.1) is 0 Å². The molecule has 36 heavy (non-hydrogen) atoms. The van der Waals surface area contributed by atoms with Gasteiger partial charge in [0.25, 0.3) is 5.56 Å². The molecule has 1 aliphatic carbocycles. The van der Waals surface area contributed by atoms with Gasteiger partial charge in [-0.1, -0.05) is 44.2 Å². The maximum absolute atomic E-state index is 13.7. The van der Waals surface area contributed by atoms with E-state index in [0.29, 0.717) is 23.6 Å². The van der Waals surface area contributed by atoms with Crippen LogP contribution in [0.3, 0.4) is 0 Å². The van der Waals surface area contributed by atoms with E-state index in [9.17, 15) is 14.4 Å². The van der Waals surface area contributed by atoms with Gasteiger partial charge in [0, 0.05) is 24.2 Å². The second-order valence-electron chi connectivity index (χ2n) is 10.6. The third kappa shape index (κ3) is 5.26. The van der Waals surface area contributed by atoms with Gasteiger partial charge in [0.15, 0.2) is 5.82 Å². The van der Waals surface area contributed by atoms with E-state index < -0.39 is 18.4 Å². The summed E-state index contributed by atoms with van der Waals surface area (Å²) in [5.74, 6) is -1.48. The number of amides is 1. The van der Waals surface area contributed by atoms with Crippen LogP contribution in [0, 0.1) is 0 Å². The number of aliphatic carboxylic acids is 1. The number of carbonyl (C=O) groups excluding carboxylic acids is 1. The van der Waals surface area contributed by atoms with Crippen molar-refractivity contribution in [1.82, 2.24) is 19.8 Å². The van der Waals surface area contributed by atoms with Crippen LogP contribution in [0.5, 0.6) is 0 Å². The highest BCUT2D eigenvalue weighted by atomic mass is 16.4. The van der Waals surface area contributed by atoms with E-state index in [1.54, 1.807) is 0 Å². The highest BCUT2D eigenvalue weighted by molar-refractivity contribution is 5.84. The minimum absolute atomic E-state index is 0.0918. The van der Waals surface area contributed by atoms with Crippen LogP contribution in [0.1, 0.15) is 76.7 Å². The quantitative estimate of drug-likeness (QED) is 0.540. The molecule has 9 heteroatoms. The first-order chi connectivity index (χ1) is 17.5. The van der Waals surface area contributed by atoms with Gasteiger partial charge >= 0.3 is 5.97 Å². The van der Waals surface area contributed by atoms with Crippen LogP contribution in [-0.2, 0) is 9.59 Å². The van der Waals surface area contributed by atoms with Gasteiger partial charge in [-0.3, -0.25) is 19.3 Å². The van der Waals surface area contributed by atoms with Crippen molar-refractivity contribution in [2.24, 2.45) is 0 Å².